The normalized spacial score (nSPS) is 16.2. The molecule has 96 valence electrons. The maximum Gasteiger partial charge on any atom is 0.338 e. The Morgan fingerprint density at radius 2 is 1.84 bits per heavy atom. The van der Waals surface area contributed by atoms with Crippen LogP contribution in [0.15, 0.2) is 48.5 Å². The van der Waals surface area contributed by atoms with Crippen molar-refractivity contribution in [2.75, 3.05) is 7.11 Å². The van der Waals surface area contributed by atoms with Gasteiger partial charge in [-0.05, 0) is 35.4 Å². The SMILES string of the molecule is COc1ccc(C(=O)O[C@H]2Cc3ccccc32)cc1. The lowest BCUT2D eigenvalue weighted by atomic mass is 9.85. The molecule has 19 heavy (non-hydrogen) atoms. The first kappa shape index (κ1) is 11.8. The van der Waals surface area contributed by atoms with Crippen molar-refractivity contribution >= 4 is 5.97 Å². The number of esters is 1. The summed E-state index contributed by atoms with van der Waals surface area (Å²) in [4.78, 5) is 12.0. The fourth-order valence-electron chi connectivity index (χ4n) is 2.24. The molecule has 3 heteroatoms. The highest BCUT2D eigenvalue weighted by Crippen LogP contribution is 2.36. The van der Waals surface area contributed by atoms with Gasteiger partial charge < -0.3 is 9.47 Å². The molecular formula is C16H14O3. The first-order valence-electron chi connectivity index (χ1n) is 6.21. The molecule has 0 aliphatic heterocycles. The predicted molar refractivity (Wildman–Crippen MR) is 71.3 cm³/mol. The van der Waals surface area contributed by atoms with Crippen molar-refractivity contribution in [3.05, 3.63) is 65.2 Å². The molecule has 0 spiro atoms. The van der Waals surface area contributed by atoms with Gasteiger partial charge in [0.2, 0.25) is 0 Å². The van der Waals surface area contributed by atoms with E-state index >= 15 is 0 Å². The van der Waals surface area contributed by atoms with Crippen molar-refractivity contribution in [2.45, 2.75) is 12.5 Å². The first-order valence-corrected chi connectivity index (χ1v) is 6.21. The summed E-state index contributed by atoms with van der Waals surface area (Å²) in [7, 11) is 1.60. The van der Waals surface area contributed by atoms with Gasteiger partial charge in [0.15, 0.2) is 0 Å². The largest absolute Gasteiger partial charge is 0.497 e. The van der Waals surface area contributed by atoms with E-state index in [1.165, 1.54) is 5.56 Å². The van der Waals surface area contributed by atoms with Crippen LogP contribution in [0.25, 0.3) is 0 Å². The van der Waals surface area contributed by atoms with E-state index in [1.54, 1.807) is 31.4 Å². The molecule has 0 amide bonds. The Kier molecular flexibility index (Phi) is 2.95. The van der Waals surface area contributed by atoms with Crippen molar-refractivity contribution in [1.29, 1.82) is 0 Å². The van der Waals surface area contributed by atoms with E-state index in [-0.39, 0.29) is 12.1 Å². The summed E-state index contributed by atoms with van der Waals surface area (Å²) in [5.74, 6) is 0.438. The van der Waals surface area contributed by atoms with Gasteiger partial charge in [-0.25, -0.2) is 4.79 Å². The van der Waals surface area contributed by atoms with E-state index in [9.17, 15) is 4.79 Å². The molecule has 1 atom stereocenters. The van der Waals surface area contributed by atoms with Crippen molar-refractivity contribution < 1.29 is 14.3 Å². The Bertz CT molecular complexity index is 602. The second-order valence-electron chi connectivity index (χ2n) is 4.53. The Hall–Kier alpha value is -2.29. The summed E-state index contributed by atoms with van der Waals surface area (Å²) in [5.41, 5.74) is 2.92. The molecule has 0 heterocycles. The fraction of sp³-hybridized carbons (Fsp3) is 0.188. The quantitative estimate of drug-likeness (QED) is 0.789. The predicted octanol–water partition coefficient (Wildman–Crippen LogP) is 3.15. The van der Waals surface area contributed by atoms with Crippen LogP contribution in [0.5, 0.6) is 5.75 Å². The molecule has 3 rings (SSSR count). The van der Waals surface area contributed by atoms with Gasteiger partial charge in [-0.2, -0.15) is 0 Å². The van der Waals surface area contributed by atoms with Crippen molar-refractivity contribution in [3.63, 3.8) is 0 Å². The summed E-state index contributed by atoms with van der Waals surface area (Å²) in [5, 5.41) is 0. The Labute approximate surface area is 111 Å². The zero-order chi connectivity index (χ0) is 13.2. The third kappa shape index (κ3) is 2.19. The maximum atomic E-state index is 12.0. The van der Waals surface area contributed by atoms with Crippen molar-refractivity contribution in [1.82, 2.24) is 0 Å². The van der Waals surface area contributed by atoms with Crippen LogP contribution in [0.3, 0.4) is 0 Å². The molecule has 0 saturated carbocycles. The Morgan fingerprint density at radius 3 is 2.53 bits per heavy atom. The molecule has 0 bridgehead atoms. The molecule has 0 N–H and O–H groups in total. The zero-order valence-corrected chi connectivity index (χ0v) is 10.6. The molecule has 0 fully saturated rings. The van der Waals surface area contributed by atoms with Crippen molar-refractivity contribution in [2.24, 2.45) is 0 Å². The number of rotatable bonds is 3. The fourth-order valence-corrected chi connectivity index (χ4v) is 2.24. The van der Waals surface area contributed by atoms with Gasteiger partial charge in [0.25, 0.3) is 0 Å². The van der Waals surface area contributed by atoms with Gasteiger partial charge in [0, 0.05) is 6.42 Å². The summed E-state index contributed by atoms with van der Waals surface area (Å²) in [6, 6.07) is 15.0. The maximum absolute atomic E-state index is 12.0. The average Bonchev–Trinajstić information content (AvgIpc) is 2.44. The second-order valence-corrected chi connectivity index (χ2v) is 4.53. The lowest BCUT2D eigenvalue weighted by molar-refractivity contribution is 0.0242. The lowest BCUT2D eigenvalue weighted by Gasteiger charge is -2.29. The number of benzene rings is 2. The monoisotopic (exact) mass is 254 g/mol. The number of methoxy groups -OCH3 is 1. The number of hydrogen-bond acceptors (Lipinski definition) is 3. The third-order valence-corrected chi connectivity index (χ3v) is 3.38. The minimum Gasteiger partial charge on any atom is -0.497 e. The van der Waals surface area contributed by atoms with E-state index in [2.05, 4.69) is 6.07 Å². The van der Waals surface area contributed by atoms with Crippen LogP contribution in [0.4, 0.5) is 0 Å². The number of carbonyl (C=O) groups is 1. The highest BCUT2D eigenvalue weighted by molar-refractivity contribution is 5.89. The minimum atomic E-state index is -0.290. The zero-order valence-electron chi connectivity index (χ0n) is 10.6. The van der Waals surface area contributed by atoms with Gasteiger partial charge in [-0.1, -0.05) is 24.3 Å². The average molecular weight is 254 g/mol. The number of hydrogen-bond donors (Lipinski definition) is 0. The van der Waals surface area contributed by atoms with Crippen LogP contribution in [0.2, 0.25) is 0 Å². The van der Waals surface area contributed by atoms with Gasteiger partial charge in [0.1, 0.15) is 11.9 Å². The molecule has 0 unspecified atom stereocenters. The lowest BCUT2D eigenvalue weighted by Crippen LogP contribution is -2.22. The molecule has 3 nitrogen and oxygen atoms in total. The topological polar surface area (TPSA) is 35.5 Å². The number of fused-ring (bicyclic) bond motifs is 1. The highest BCUT2D eigenvalue weighted by Gasteiger charge is 2.29. The van der Waals surface area contributed by atoms with Gasteiger partial charge in [0.05, 0.1) is 12.7 Å². The molecule has 0 aromatic heterocycles. The van der Waals surface area contributed by atoms with Crippen LogP contribution in [-0.4, -0.2) is 13.1 Å². The Balaban J connectivity index is 1.69. The third-order valence-electron chi connectivity index (χ3n) is 3.38. The summed E-state index contributed by atoms with van der Waals surface area (Å²) < 4.78 is 10.5. The van der Waals surface area contributed by atoms with Crippen molar-refractivity contribution in [3.8, 4) is 5.75 Å². The molecule has 1 aliphatic carbocycles. The molecule has 2 aromatic rings. The van der Waals surface area contributed by atoms with E-state index < -0.39 is 0 Å². The Morgan fingerprint density at radius 1 is 1.11 bits per heavy atom. The van der Waals surface area contributed by atoms with E-state index in [1.807, 2.05) is 18.2 Å². The molecule has 2 aromatic carbocycles. The van der Waals surface area contributed by atoms with Gasteiger partial charge in [-0.15, -0.1) is 0 Å². The molecule has 1 aliphatic rings. The van der Waals surface area contributed by atoms with Gasteiger partial charge in [-0.3, -0.25) is 0 Å². The van der Waals surface area contributed by atoms with E-state index in [0.717, 1.165) is 17.7 Å². The van der Waals surface area contributed by atoms with Crippen LogP contribution in [0.1, 0.15) is 27.6 Å². The van der Waals surface area contributed by atoms with E-state index in [4.69, 9.17) is 9.47 Å². The van der Waals surface area contributed by atoms with Crippen LogP contribution < -0.4 is 4.74 Å². The second kappa shape index (κ2) is 4.76. The number of ether oxygens (including phenoxy) is 2. The van der Waals surface area contributed by atoms with Crippen LogP contribution in [-0.2, 0) is 11.2 Å². The van der Waals surface area contributed by atoms with Crippen LogP contribution >= 0.6 is 0 Å². The first-order chi connectivity index (χ1) is 9.28. The summed E-state index contributed by atoms with van der Waals surface area (Å²) in [6.45, 7) is 0. The molecule has 0 saturated heterocycles. The summed E-state index contributed by atoms with van der Waals surface area (Å²) in [6.07, 6.45) is 0.698. The van der Waals surface area contributed by atoms with Crippen LogP contribution in [0, 0.1) is 0 Å². The molecule has 0 radical (unpaired) electrons. The molecular weight excluding hydrogens is 240 g/mol. The smallest absolute Gasteiger partial charge is 0.338 e. The standard InChI is InChI=1S/C16H14O3/c1-18-13-8-6-11(7-9-13)16(17)19-15-10-12-4-2-3-5-14(12)15/h2-9,15H,10H2,1H3/t15-/m0/s1. The van der Waals surface area contributed by atoms with E-state index in [0.29, 0.717) is 5.56 Å². The highest BCUT2D eigenvalue weighted by atomic mass is 16.5. The number of carbonyl (C=O) groups excluding carboxylic acids is 1. The minimum absolute atomic E-state index is 0.106. The summed E-state index contributed by atoms with van der Waals surface area (Å²) >= 11 is 0. The van der Waals surface area contributed by atoms with Gasteiger partial charge >= 0.3 is 5.97 Å².